The number of carboxylic acids is 1. The van der Waals surface area contributed by atoms with Crippen LogP contribution in [0.2, 0.25) is 0 Å². The monoisotopic (exact) mass is 268 g/mol. The fourth-order valence-corrected chi connectivity index (χ4v) is 3.13. The molecule has 0 radical (unpaired) electrons. The molecule has 2 rings (SSSR count). The molecule has 0 bridgehead atoms. The van der Waals surface area contributed by atoms with Gasteiger partial charge >= 0.3 is 12.0 Å². The van der Waals surface area contributed by atoms with E-state index in [1.54, 1.807) is 4.90 Å². The molecule has 3 atom stereocenters. The summed E-state index contributed by atoms with van der Waals surface area (Å²) in [5.74, 6) is 0.256. The molecule has 2 saturated heterocycles. The maximum atomic E-state index is 12.5. The number of urea groups is 1. The third kappa shape index (κ3) is 3.19. The highest BCUT2D eigenvalue weighted by Crippen LogP contribution is 2.26. The molecule has 2 heterocycles. The summed E-state index contributed by atoms with van der Waals surface area (Å²) < 4.78 is 0. The Hall–Kier alpha value is -1.26. The van der Waals surface area contributed by atoms with Gasteiger partial charge < -0.3 is 14.9 Å². The summed E-state index contributed by atoms with van der Waals surface area (Å²) in [5, 5.41) is 8.96. The van der Waals surface area contributed by atoms with Crippen molar-refractivity contribution < 1.29 is 14.7 Å². The summed E-state index contributed by atoms with van der Waals surface area (Å²) in [6.07, 6.45) is 2.90. The molecular formula is C14H24N2O3. The van der Waals surface area contributed by atoms with E-state index in [4.69, 9.17) is 5.11 Å². The summed E-state index contributed by atoms with van der Waals surface area (Å²) in [6.45, 7) is 6.65. The largest absolute Gasteiger partial charge is 0.481 e. The molecule has 108 valence electrons. The lowest BCUT2D eigenvalue weighted by molar-refractivity contribution is -0.138. The summed E-state index contributed by atoms with van der Waals surface area (Å²) in [4.78, 5) is 27.1. The van der Waals surface area contributed by atoms with Crippen LogP contribution in [0, 0.1) is 11.8 Å². The van der Waals surface area contributed by atoms with Crippen LogP contribution in [0.1, 0.15) is 39.5 Å². The second-order valence-electron chi connectivity index (χ2n) is 6.08. The molecule has 2 aliphatic rings. The number of carboxylic acid groups (broad SMARTS) is 1. The number of carbonyl (C=O) groups excluding carboxylic acids is 1. The molecule has 0 aliphatic carbocycles. The van der Waals surface area contributed by atoms with Gasteiger partial charge in [0, 0.05) is 25.7 Å². The van der Waals surface area contributed by atoms with Crippen LogP contribution in [0.4, 0.5) is 4.79 Å². The Morgan fingerprint density at radius 3 is 2.37 bits per heavy atom. The van der Waals surface area contributed by atoms with Gasteiger partial charge in [-0.2, -0.15) is 0 Å². The van der Waals surface area contributed by atoms with Gasteiger partial charge in [0.2, 0.25) is 0 Å². The number of nitrogens with zero attached hydrogens (tertiary/aromatic N) is 2. The molecular weight excluding hydrogens is 244 g/mol. The van der Waals surface area contributed by atoms with Gasteiger partial charge in [-0.15, -0.1) is 0 Å². The highest BCUT2D eigenvalue weighted by atomic mass is 16.4. The lowest BCUT2D eigenvalue weighted by Gasteiger charge is -2.37. The second kappa shape index (κ2) is 5.80. The van der Waals surface area contributed by atoms with Crippen molar-refractivity contribution in [3.05, 3.63) is 0 Å². The van der Waals surface area contributed by atoms with Crippen LogP contribution in [0.5, 0.6) is 0 Å². The Labute approximate surface area is 114 Å². The minimum absolute atomic E-state index is 0.0437. The molecule has 2 fully saturated rings. The average Bonchev–Trinajstić information content (AvgIpc) is 2.69. The van der Waals surface area contributed by atoms with E-state index in [-0.39, 0.29) is 18.5 Å². The van der Waals surface area contributed by atoms with E-state index in [1.807, 2.05) is 4.90 Å². The number of amides is 2. The van der Waals surface area contributed by atoms with Crippen molar-refractivity contribution in [1.29, 1.82) is 0 Å². The lowest BCUT2D eigenvalue weighted by Crippen LogP contribution is -2.50. The number of likely N-dealkylation sites (tertiary alicyclic amines) is 2. The van der Waals surface area contributed by atoms with Crippen LogP contribution in [0.25, 0.3) is 0 Å². The molecule has 5 nitrogen and oxygen atoms in total. The third-order valence-electron chi connectivity index (χ3n) is 4.54. The first-order valence-electron chi connectivity index (χ1n) is 7.26. The van der Waals surface area contributed by atoms with Crippen molar-refractivity contribution in [3.63, 3.8) is 0 Å². The number of piperidine rings is 1. The van der Waals surface area contributed by atoms with Crippen LogP contribution in [-0.2, 0) is 4.79 Å². The highest BCUT2D eigenvalue weighted by molar-refractivity contribution is 5.76. The van der Waals surface area contributed by atoms with E-state index >= 15 is 0 Å². The van der Waals surface area contributed by atoms with Gasteiger partial charge in [-0.3, -0.25) is 4.79 Å². The molecule has 0 aromatic heterocycles. The Balaban J connectivity index is 2.01. The van der Waals surface area contributed by atoms with E-state index in [2.05, 4.69) is 13.8 Å². The van der Waals surface area contributed by atoms with E-state index in [0.717, 1.165) is 32.4 Å². The number of hydrogen-bond donors (Lipinski definition) is 1. The van der Waals surface area contributed by atoms with Crippen molar-refractivity contribution in [2.45, 2.75) is 45.6 Å². The van der Waals surface area contributed by atoms with Gasteiger partial charge in [0.1, 0.15) is 0 Å². The molecule has 0 aromatic carbocycles. The fraction of sp³-hybridized carbons (Fsp3) is 0.857. The summed E-state index contributed by atoms with van der Waals surface area (Å²) in [7, 11) is 0. The van der Waals surface area contributed by atoms with Crippen molar-refractivity contribution in [2.24, 2.45) is 11.8 Å². The van der Waals surface area contributed by atoms with Gasteiger partial charge in [0.25, 0.3) is 0 Å². The summed E-state index contributed by atoms with van der Waals surface area (Å²) >= 11 is 0. The van der Waals surface area contributed by atoms with Gasteiger partial charge in [-0.1, -0.05) is 13.8 Å². The quantitative estimate of drug-likeness (QED) is 0.833. The van der Waals surface area contributed by atoms with Crippen LogP contribution < -0.4 is 0 Å². The van der Waals surface area contributed by atoms with Crippen molar-refractivity contribution in [1.82, 2.24) is 9.80 Å². The first kappa shape index (κ1) is 14.2. The minimum atomic E-state index is -0.812. The van der Waals surface area contributed by atoms with Crippen molar-refractivity contribution in [3.8, 4) is 0 Å². The van der Waals surface area contributed by atoms with Gasteiger partial charge in [-0.25, -0.2) is 4.79 Å². The zero-order valence-electron chi connectivity index (χ0n) is 11.8. The number of carbonyl (C=O) groups is 2. The van der Waals surface area contributed by atoms with E-state index in [1.165, 1.54) is 0 Å². The average molecular weight is 268 g/mol. The van der Waals surface area contributed by atoms with E-state index in [0.29, 0.717) is 18.4 Å². The zero-order valence-corrected chi connectivity index (χ0v) is 11.8. The first-order chi connectivity index (χ1) is 8.99. The van der Waals surface area contributed by atoms with E-state index < -0.39 is 5.97 Å². The minimum Gasteiger partial charge on any atom is -0.481 e. The molecule has 3 unspecified atom stereocenters. The maximum Gasteiger partial charge on any atom is 0.320 e. The number of hydrogen-bond acceptors (Lipinski definition) is 2. The molecule has 1 N–H and O–H groups in total. The molecule has 0 spiro atoms. The number of aliphatic carboxylic acids is 1. The smallest absolute Gasteiger partial charge is 0.320 e. The molecule has 0 saturated carbocycles. The normalized spacial score (nSPS) is 31.6. The van der Waals surface area contributed by atoms with Crippen LogP contribution >= 0.6 is 0 Å². The van der Waals surface area contributed by atoms with Crippen molar-refractivity contribution in [2.75, 3.05) is 19.6 Å². The van der Waals surface area contributed by atoms with Gasteiger partial charge in [-0.05, 0) is 31.1 Å². The predicted molar refractivity (Wildman–Crippen MR) is 71.9 cm³/mol. The molecule has 2 amide bonds. The Morgan fingerprint density at radius 2 is 1.79 bits per heavy atom. The fourth-order valence-electron chi connectivity index (χ4n) is 3.13. The molecule has 5 heteroatoms. The first-order valence-corrected chi connectivity index (χ1v) is 7.26. The standard InChI is InChI=1S/C14H24N2O3/c1-10-8-15(9-11(10)2)14(19)16-6-4-3-5-12(16)7-13(17)18/h10-12H,3-9H2,1-2H3,(H,17,18). The van der Waals surface area contributed by atoms with Crippen LogP contribution in [0.3, 0.4) is 0 Å². The van der Waals surface area contributed by atoms with Crippen LogP contribution in [0.15, 0.2) is 0 Å². The third-order valence-corrected chi connectivity index (χ3v) is 4.54. The zero-order chi connectivity index (χ0) is 14.0. The Morgan fingerprint density at radius 1 is 1.16 bits per heavy atom. The predicted octanol–water partition coefficient (Wildman–Crippen LogP) is 2.02. The van der Waals surface area contributed by atoms with E-state index in [9.17, 15) is 9.59 Å². The molecule has 2 aliphatic heterocycles. The highest BCUT2D eigenvalue weighted by Gasteiger charge is 2.35. The molecule has 19 heavy (non-hydrogen) atoms. The molecule has 0 aromatic rings. The number of rotatable bonds is 2. The summed E-state index contributed by atoms with van der Waals surface area (Å²) in [5.41, 5.74) is 0. The van der Waals surface area contributed by atoms with Crippen LogP contribution in [-0.4, -0.2) is 52.6 Å². The Kier molecular flexibility index (Phi) is 4.32. The van der Waals surface area contributed by atoms with Gasteiger partial charge in [0.15, 0.2) is 0 Å². The van der Waals surface area contributed by atoms with Gasteiger partial charge in [0.05, 0.1) is 6.42 Å². The summed E-state index contributed by atoms with van der Waals surface area (Å²) in [6, 6.07) is -0.0767. The topological polar surface area (TPSA) is 60.9 Å². The Bertz CT molecular complexity index is 349. The SMILES string of the molecule is CC1CN(C(=O)N2CCCCC2CC(=O)O)CC1C. The van der Waals surface area contributed by atoms with Crippen molar-refractivity contribution >= 4 is 12.0 Å². The second-order valence-corrected chi connectivity index (χ2v) is 6.08. The lowest BCUT2D eigenvalue weighted by atomic mass is 10.00. The maximum absolute atomic E-state index is 12.5.